The Kier molecular flexibility index (Phi) is 4.62. The van der Waals surface area contributed by atoms with Crippen LogP contribution in [-0.4, -0.2) is 37.5 Å². The first-order valence-electron chi connectivity index (χ1n) is 6.60. The second-order valence-corrected chi connectivity index (χ2v) is 7.04. The van der Waals surface area contributed by atoms with Gasteiger partial charge in [0.15, 0.2) is 0 Å². The normalized spacial score (nSPS) is 21.0. The number of halogens is 1. The molecule has 3 N–H and O–H groups in total. The Balaban J connectivity index is 2.25. The number of benzene rings is 1. The van der Waals surface area contributed by atoms with Crippen molar-refractivity contribution in [2.45, 2.75) is 24.2 Å². The first-order valence-corrected chi connectivity index (χ1v) is 8.04. The fourth-order valence-corrected chi connectivity index (χ4v) is 4.17. The maximum atomic E-state index is 13.3. The number of hydrogen-bond acceptors (Lipinski definition) is 4. The number of nitrogens with two attached hydrogens (primary N) is 1. The van der Waals surface area contributed by atoms with Crippen LogP contribution in [0.1, 0.15) is 19.3 Å². The minimum Gasteiger partial charge on any atom is -0.399 e. The van der Waals surface area contributed by atoms with E-state index < -0.39 is 15.8 Å². The van der Waals surface area contributed by atoms with Crippen LogP contribution in [0.5, 0.6) is 0 Å². The highest BCUT2D eigenvalue weighted by molar-refractivity contribution is 7.89. The third-order valence-corrected chi connectivity index (χ3v) is 5.39. The Labute approximate surface area is 118 Å². The maximum absolute atomic E-state index is 13.3. The second-order valence-electron chi connectivity index (χ2n) is 5.10. The van der Waals surface area contributed by atoms with Crippen LogP contribution >= 0.6 is 0 Å². The minimum atomic E-state index is -3.73. The summed E-state index contributed by atoms with van der Waals surface area (Å²) < 4.78 is 39.6. The molecule has 112 valence electrons. The molecule has 1 aromatic rings. The minimum absolute atomic E-state index is 0.0471. The van der Waals surface area contributed by atoms with Gasteiger partial charge in [0.05, 0.1) is 4.90 Å². The molecule has 0 saturated carbocycles. The monoisotopic (exact) mass is 302 g/mol. The highest BCUT2D eigenvalue weighted by atomic mass is 32.2. The molecule has 1 aromatic carbocycles. The Morgan fingerprint density at radius 3 is 2.80 bits per heavy atom. The zero-order valence-electron chi connectivity index (χ0n) is 11.1. The van der Waals surface area contributed by atoms with Crippen LogP contribution in [0, 0.1) is 11.7 Å². The quantitative estimate of drug-likeness (QED) is 0.818. The predicted octanol–water partition coefficient (Wildman–Crippen LogP) is 1.19. The molecule has 20 heavy (non-hydrogen) atoms. The van der Waals surface area contributed by atoms with Crippen LogP contribution in [0.25, 0.3) is 0 Å². The summed E-state index contributed by atoms with van der Waals surface area (Å²) in [7, 11) is -3.73. The van der Waals surface area contributed by atoms with Crippen LogP contribution in [0.4, 0.5) is 10.1 Å². The van der Waals surface area contributed by atoms with Crippen molar-refractivity contribution < 1.29 is 17.9 Å². The molecule has 0 bridgehead atoms. The van der Waals surface area contributed by atoms with Gasteiger partial charge >= 0.3 is 0 Å². The van der Waals surface area contributed by atoms with Gasteiger partial charge in [-0.2, -0.15) is 4.31 Å². The van der Waals surface area contributed by atoms with Gasteiger partial charge in [-0.05, 0) is 43.4 Å². The Morgan fingerprint density at radius 1 is 1.40 bits per heavy atom. The summed E-state index contributed by atoms with van der Waals surface area (Å²) in [5, 5.41) is 8.96. The summed E-state index contributed by atoms with van der Waals surface area (Å²) in [6.45, 7) is 0.825. The van der Waals surface area contributed by atoms with E-state index in [0.717, 1.165) is 25.0 Å². The average molecular weight is 302 g/mol. The van der Waals surface area contributed by atoms with Gasteiger partial charge < -0.3 is 10.8 Å². The molecule has 0 amide bonds. The van der Waals surface area contributed by atoms with E-state index in [4.69, 9.17) is 10.8 Å². The van der Waals surface area contributed by atoms with Gasteiger partial charge in [-0.1, -0.05) is 0 Å². The molecule has 0 aliphatic carbocycles. The van der Waals surface area contributed by atoms with E-state index >= 15 is 0 Å². The lowest BCUT2D eigenvalue weighted by Crippen LogP contribution is -2.40. The zero-order valence-corrected chi connectivity index (χ0v) is 11.9. The molecule has 1 unspecified atom stereocenters. The van der Waals surface area contributed by atoms with Gasteiger partial charge in [-0.15, -0.1) is 0 Å². The molecule has 1 heterocycles. The van der Waals surface area contributed by atoms with Crippen molar-refractivity contribution in [3.8, 4) is 0 Å². The van der Waals surface area contributed by atoms with Gasteiger partial charge in [0.25, 0.3) is 0 Å². The number of hydrogen-bond donors (Lipinski definition) is 2. The summed E-state index contributed by atoms with van der Waals surface area (Å²) >= 11 is 0. The summed E-state index contributed by atoms with van der Waals surface area (Å²) in [4.78, 5) is -0.111. The highest BCUT2D eigenvalue weighted by Crippen LogP contribution is 2.26. The van der Waals surface area contributed by atoms with E-state index in [-0.39, 0.29) is 23.1 Å². The molecule has 1 aliphatic heterocycles. The van der Waals surface area contributed by atoms with E-state index in [0.29, 0.717) is 19.5 Å². The number of anilines is 1. The molecular weight excluding hydrogens is 283 g/mol. The fourth-order valence-electron chi connectivity index (χ4n) is 2.55. The second kappa shape index (κ2) is 6.07. The van der Waals surface area contributed by atoms with Gasteiger partial charge in [0, 0.05) is 25.4 Å². The number of nitrogens with zero attached hydrogens (tertiary/aromatic N) is 1. The largest absolute Gasteiger partial charge is 0.399 e. The summed E-state index contributed by atoms with van der Waals surface area (Å²) in [6, 6.07) is 3.35. The number of aliphatic hydroxyl groups excluding tert-OH is 1. The SMILES string of the molecule is Nc1cc(F)cc(S(=O)(=O)N2CCCC(CCO)C2)c1. The lowest BCUT2D eigenvalue weighted by molar-refractivity contribution is 0.203. The molecule has 1 fully saturated rings. The van der Waals surface area contributed by atoms with Crippen molar-refractivity contribution in [1.82, 2.24) is 4.31 Å². The van der Waals surface area contributed by atoms with Crippen LogP contribution in [-0.2, 0) is 10.0 Å². The van der Waals surface area contributed by atoms with Gasteiger partial charge in [-0.25, -0.2) is 12.8 Å². The molecule has 5 nitrogen and oxygen atoms in total. The molecule has 0 spiro atoms. The number of rotatable bonds is 4. The Bertz CT molecular complexity index is 555. The number of aliphatic hydroxyl groups is 1. The lowest BCUT2D eigenvalue weighted by atomic mass is 9.97. The van der Waals surface area contributed by atoms with Gasteiger partial charge in [0.1, 0.15) is 5.82 Å². The zero-order chi connectivity index (χ0) is 14.8. The predicted molar refractivity (Wildman–Crippen MR) is 74.0 cm³/mol. The number of piperidine rings is 1. The topological polar surface area (TPSA) is 83.6 Å². The van der Waals surface area contributed by atoms with E-state index in [2.05, 4.69) is 0 Å². The summed E-state index contributed by atoms with van der Waals surface area (Å²) in [5.41, 5.74) is 5.59. The van der Waals surface area contributed by atoms with Crippen molar-refractivity contribution in [3.63, 3.8) is 0 Å². The molecule has 0 radical (unpaired) electrons. The van der Waals surface area contributed by atoms with Crippen LogP contribution in [0.3, 0.4) is 0 Å². The summed E-state index contributed by atoms with van der Waals surface area (Å²) in [6.07, 6.45) is 2.23. The molecule has 7 heteroatoms. The molecular formula is C13H19FN2O3S. The first kappa shape index (κ1) is 15.2. The van der Waals surface area contributed by atoms with Crippen molar-refractivity contribution >= 4 is 15.7 Å². The van der Waals surface area contributed by atoms with E-state index in [9.17, 15) is 12.8 Å². The number of sulfonamides is 1. The number of nitrogen functional groups attached to an aromatic ring is 1. The molecule has 1 saturated heterocycles. The Hall–Kier alpha value is -1.18. The van der Waals surface area contributed by atoms with E-state index in [1.54, 1.807) is 0 Å². The van der Waals surface area contributed by atoms with Crippen molar-refractivity contribution in [3.05, 3.63) is 24.0 Å². The van der Waals surface area contributed by atoms with Crippen LogP contribution in [0.2, 0.25) is 0 Å². The Morgan fingerprint density at radius 2 is 2.15 bits per heavy atom. The van der Waals surface area contributed by atoms with E-state index in [1.165, 1.54) is 10.4 Å². The lowest BCUT2D eigenvalue weighted by Gasteiger charge is -2.31. The third kappa shape index (κ3) is 3.28. The van der Waals surface area contributed by atoms with Crippen molar-refractivity contribution in [2.24, 2.45) is 5.92 Å². The first-order chi connectivity index (χ1) is 9.43. The smallest absolute Gasteiger partial charge is 0.243 e. The standard InChI is InChI=1S/C13H19FN2O3S/c14-11-6-12(15)8-13(7-11)20(18,19)16-4-1-2-10(9-16)3-5-17/h6-8,10,17H,1-5,9,15H2. The molecule has 2 rings (SSSR count). The van der Waals surface area contributed by atoms with Crippen LogP contribution < -0.4 is 5.73 Å². The molecule has 1 atom stereocenters. The van der Waals surface area contributed by atoms with Crippen molar-refractivity contribution in [1.29, 1.82) is 0 Å². The third-order valence-electron chi connectivity index (χ3n) is 3.55. The van der Waals surface area contributed by atoms with Gasteiger partial charge in [-0.3, -0.25) is 0 Å². The van der Waals surface area contributed by atoms with Gasteiger partial charge in [0.2, 0.25) is 10.0 Å². The average Bonchev–Trinajstić information content (AvgIpc) is 2.38. The molecule has 0 aromatic heterocycles. The maximum Gasteiger partial charge on any atom is 0.243 e. The van der Waals surface area contributed by atoms with E-state index in [1.807, 2.05) is 0 Å². The summed E-state index contributed by atoms with van der Waals surface area (Å²) in [5.74, 6) is -0.512. The van der Waals surface area contributed by atoms with Crippen LogP contribution in [0.15, 0.2) is 23.1 Å². The fraction of sp³-hybridized carbons (Fsp3) is 0.538. The molecule has 1 aliphatic rings. The highest BCUT2D eigenvalue weighted by Gasteiger charge is 2.30. The van der Waals surface area contributed by atoms with Crippen molar-refractivity contribution in [2.75, 3.05) is 25.4 Å².